The Hall–Kier alpha value is -2.95. The van der Waals surface area contributed by atoms with E-state index in [4.69, 9.17) is 0 Å². The SMILES string of the molecule is Cc1cc(F)cc(-c2nccn2-c2ccc3c(c2)C(=O)NCC3)c1. The Morgan fingerprint density at radius 2 is 2.08 bits per heavy atom. The lowest BCUT2D eigenvalue weighted by molar-refractivity contribution is 0.0946. The highest BCUT2D eigenvalue weighted by atomic mass is 19.1. The summed E-state index contributed by atoms with van der Waals surface area (Å²) in [5.74, 6) is 0.305. The average Bonchev–Trinajstić information content (AvgIpc) is 3.04. The summed E-state index contributed by atoms with van der Waals surface area (Å²) in [6.07, 6.45) is 4.33. The summed E-state index contributed by atoms with van der Waals surface area (Å²) in [5.41, 5.74) is 4.11. The van der Waals surface area contributed by atoms with Crippen molar-refractivity contribution in [3.8, 4) is 17.1 Å². The topological polar surface area (TPSA) is 46.9 Å². The molecule has 0 radical (unpaired) electrons. The van der Waals surface area contributed by atoms with Crippen molar-refractivity contribution in [2.45, 2.75) is 13.3 Å². The van der Waals surface area contributed by atoms with Gasteiger partial charge in [0.15, 0.2) is 0 Å². The van der Waals surface area contributed by atoms with Crippen LogP contribution in [0.3, 0.4) is 0 Å². The van der Waals surface area contributed by atoms with E-state index < -0.39 is 0 Å². The number of hydrogen-bond acceptors (Lipinski definition) is 2. The Morgan fingerprint density at radius 1 is 1.21 bits per heavy atom. The van der Waals surface area contributed by atoms with Crippen molar-refractivity contribution in [2.24, 2.45) is 0 Å². The minimum absolute atomic E-state index is 0.0543. The third-order valence-corrected chi connectivity index (χ3v) is 4.24. The van der Waals surface area contributed by atoms with Gasteiger partial charge in [-0.1, -0.05) is 6.07 Å². The van der Waals surface area contributed by atoms with Crippen LogP contribution >= 0.6 is 0 Å². The summed E-state index contributed by atoms with van der Waals surface area (Å²) in [7, 11) is 0. The fraction of sp³-hybridized carbons (Fsp3) is 0.158. The molecule has 0 bridgehead atoms. The first kappa shape index (κ1) is 14.6. The summed E-state index contributed by atoms with van der Waals surface area (Å²) in [5, 5.41) is 2.86. The van der Waals surface area contributed by atoms with Crippen LogP contribution in [-0.4, -0.2) is 22.0 Å². The maximum atomic E-state index is 13.7. The molecule has 0 fully saturated rings. The lowest BCUT2D eigenvalue weighted by atomic mass is 9.99. The highest BCUT2D eigenvalue weighted by Gasteiger charge is 2.18. The number of carbonyl (C=O) groups excluding carboxylic acids is 1. The van der Waals surface area contributed by atoms with E-state index in [1.54, 1.807) is 6.20 Å². The van der Waals surface area contributed by atoms with Crippen LogP contribution in [0, 0.1) is 12.7 Å². The highest BCUT2D eigenvalue weighted by Crippen LogP contribution is 2.25. The molecule has 3 aromatic rings. The van der Waals surface area contributed by atoms with Crippen LogP contribution in [0.25, 0.3) is 17.1 Å². The van der Waals surface area contributed by atoms with E-state index in [-0.39, 0.29) is 11.7 Å². The molecule has 24 heavy (non-hydrogen) atoms. The monoisotopic (exact) mass is 321 g/mol. The Balaban J connectivity index is 1.83. The number of amides is 1. The molecular weight excluding hydrogens is 305 g/mol. The second-order valence-corrected chi connectivity index (χ2v) is 5.99. The van der Waals surface area contributed by atoms with Gasteiger partial charge in [0, 0.05) is 35.8 Å². The van der Waals surface area contributed by atoms with Gasteiger partial charge in [0.25, 0.3) is 5.91 Å². The van der Waals surface area contributed by atoms with E-state index >= 15 is 0 Å². The number of imidazole rings is 1. The van der Waals surface area contributed by atoms with Crippen molar-refractivity contribution in [3.05, 3.63) is 71.3 Å². The number of nitrogens with zero attached hydrogens (tertiary/aromatic N) is 2. The summed E-state index contributed by atoms with van der Waals surface area (Å²) >= 11 is 0. The average molecular weight is 321 g/mol. The Bertz CT molecular complexity index is 925. The van der Waals surface area contributed by atoms with Crippen LogP contribution in [0.15, 0.2) is 48.8 Å². The van der Waals surface area contributed by atoms with Gasteiger partial charge in [-0.25, -0.2) is 9.37 Å². The van der Waals surface area contributed by atoms with Gasteiger partial charge in [-0.05, 0) is 54.8 Å². The number of carbonyl (C=O) groups is 1. The van der Waals surface area contributed by atoms with Gasteiger partial charge in [0.1, 0.15) is 11.6 Å². The van der Waals surface area contributed by atoms with Crippen molar-refractivity contribution in [1.29, 1.82) is 0 Å². The summed E-state index contributed by atoms with van der Waals surface area (Å²) in [4.78, 5) is 16.4. The molecule has 4 nitrogen and oxygen atoms in total. The van der Waals surface area contributed by atoms with Crippen LogP contribution in [-0.2, 0) is 6.42 Å². The number of hydrogen-bond donors (Lipinski definition) is 1. The number of rotatable bonds is 2. The molecule has 4 rings (SSSR count). The fourth-order valence-electron chi connectivity index (χ4n) is 3.14. The lowest BCUT2D eigenvalue weighted by Gasteiger charge is -2.18. The highest BCUT2D eigenvalue weighted by molar-refractivity contribution is 5.97. The van der Waals surface area contributed by atoms with E-state index in [9.17, 15) is 9.18 Å². The fourth-order valence-corrected chi connectivity index (χ4v) is 3.14. The molecule has 2 aromatic carbocycles. The minimum Gasteiger partial charge on any atom is -0.352 e. The van der Waals surface area contributed by atoms with Crippen LogP contribution in [0.1, 0.15) is 21.5 Å². The standard InChI is InChI=1S/C19H16FN3O/c1-12-8-14(10-15(20)9-12)18-21-6-7-23(18)16-3-2-13-4-5-22-19(24)17(13)11-16/h2-3,6-11H,4-5H2,1H3,(H,22,24). The Kier molecular flexibility index (Phi) is 3.41. The number of aromatic nitrogens is 2. The van der Waals surface area contributed by atoms with E-state index in [0.29, 0.717) is 23.5 Å². The molecular formula is C19H16FN3O. The molecule has 0 saturated carbocycles. The van der Waals surface area contributed by atoms with E-state index in [0.717, 1.165) is 23.2 Å². The summed E-state index contributed by atoms with van der Waals surface area (Å²) < 4.78 is 15.6. The smallest absolute Gasteiger partial charge is 0.251 e. The normalized spacial score (nSPS) is 13.5. The Labute approximate surface area is 139 Å². The molecule has 1 aliphatic heterocycles. The van der Waals surface area contributed by atoms with Crippen molar-refractivity contribution < 1.29 is 9.18 Å². The molecule has 5 heteroatoms. The van der Waals surface area contributed by atoms with Crippen LogP contribution in [0.2, 0.25) is 0 Å². The third kappa shape index (κ3) is 2.48. The van der Waals surface area contributed by atoms with Crippen LogP contribution < -0.4 is 5.32 Å². The number of aryl methyl sites for hydroxylation is 1. The predicted molar refractivity (Wildman–Crippen MR) is 89.7 cm³/mol. The van der Waals surface area contributed by atoms with Crippen molar-refractivity contribution >= 4 is 5.91 Å². The predicted octanol–water partition coefficient (Wildman–Crippen LogP) is 3.27. The lowest BCUT2D eigenvalue weighted by Crippen LogP contribution is -2.31. The second kappa shape index (κ2) is 5.60. The quantitative estimate of drug-likeness (QED) is 0.787. The molecule has 0 atom stereocenters. The maximum absolute atomic E-state index is 13.7. The summed E-state index contributed by atoms with van der Waals surface area (Å²) in [6, 6.07) is 10.7. The largest absolute Gasteiger partial charge is 0.352 e. The van der Waals surface area contributed by atoms with Gasteiger partial charge in [-0.2, -0.15) is 0 Å². The van der Waals surface area contributed by atoms with Gasteiger partial charge >= 0.3 is 0 Å². The van der Waals surface area contributed by atoms with Crippen molar-refractivity contribution in [2.75, 3.05) is 6.54 Å². The third-order valence-electron chi connectivity index (χ3n) is 4.24. The molecule has 0 aliphatic carbocycles. The van der Waals surface area contributed by atoms with E-state index in [1.807, 2.05) is 42.0 Å². The Morgan fingerprint density at radius 3 is 2.92 bits per heavy atom. The molecule has 1 aromatic heterocycles. The molecule has 0 spiro atoms. The molecule has 1 N–H and O–H groups in total. The summed E-state index contributed by atoms with van der Waals surface area (Å²) in [6.45, 7) is 2.52. The van der Waals surface area contributed by atoms with E-state index in [2.05, 4.69) is 10.3 Å². The first-order valence-corrected chi connectivity index (χ1v) is 7.84. The maximum Gasteiger partial charge on any atom is 0.251 e. The zero-order valence-corrected chi connectivity index (χ0v) is 13.2. The van der Waals surface area contributed by atoms with Gasteiger partial charge in [-0.3, -0.25) is 9.36 Å². The van der Waals surface area contributed by atoms with Crippen molar-refractivity contribution in [1.82, 2.24) is 14.9 Å². The van der Waals surface area contributed by atoms with Gasteiger partial charge < -0.3 is 5.32 Å². The molecule has 1 aliphatic rings. The number of halogens is 1. The first-order chi connectivity index (χ1) is 11.6. The number of benzene rings is 2. The van der Waals surface area contributed by atoms with E-state index in [1.165, 1.54) is 12.1 Å². The number of fused-ring (bicyclic) bond motifs is 1. The first-order valence-electron chi connectivity index (χ1n) is 7.84. The van der Waals surface area contributed by atoms with Crippen LogP contribution in [0.4, 0.5) is 4.39 Å². The molecule has 1 amide bonds. The van der Waals surface area contributed by atoms with Crippen LogP contribution in [0.5, 0.6) is 0 Å². The zero-order chi connectivity index (χ0) is 16.7. The van der Waals surface area contributed by atoms with Crippen molar-refractivity contribution in [3.63, 3.8) is 0 Å². The zero-order valence-electron chi connectivity index (χ0n) is 13.2. The molecule has 0 unspecified atom stereocenters. The minimum atomic E-state index is -0.288. The van der Waals surface area contributed by atoms with Gasteiger partial charge in [-0.15, -0.1) is 0 Å². The number of nitrogens with one attached hydrogen (secondary N) is 1. The van der Waals surface area contributed by atoms with Gasteiger partial charge in [0.2, 0.25) is 0 Å². The molecule has 0 saturated heterocycles. The molecule has 120 valence electrons. The second-order valence-electron chi connectivity index (χ2n) is 5.99. The van der Waals surface area contributed by atoms with Gasteiger partial charge in [0.05, 0.1) is 0 Å². The molecule has 2 heterocycles.